The van der Waals surface area contributed by atoms with Crippen LogP contribution in [0.2, 0.25) is 0 Å². The summed E-state index contributed by atoms with van der Waals surface area (Å²) in [6, 6.07) is 23.8. The number of carbonyl (C=O) groups is 2. The van der Waals surface area contributed by atoms with Gasteiger partial charge in [0.2, 0.25) is 11.8 Å². The molecular formula is C33H41N3O5S. The Morgan fingerprint density at radius 3 is 2.24 bits per heavy atom. The van der Waals surface area contributed by atoms with Crippen LogP contribution in [0.4, 0.5) is 5.69 Å². The molecule has 0 spiro atoms. The van der Waals surface area contributed by atoms with E-state index in [-0.39, 0.29) is 23.4 Å². The van der Waals surface area contributed by atoms with Crippen LogP contribution in [0.5, 0.6) is 5.75 Å². The van der Waals surface area contributed by atoms with Gasteiger partial charge in [0.15, 0.2) is 0 Å². The average molecular weight is 592 g/mol. The molecule has 8 nitrogen and oxygen atoms in total. The van der Waals surface area contributed by atoms with Gasteiger partial charge < -0.3 is 15.0 Å². The average Bonchev–Trinajstić information content (AvgIpc) is 3.03. The van der Waals surface area contributed by atoms with E-state index in [1.165, 1.54) is 25.7 Å². The summed E-state index contributed by atoms with van der Waals surface area (Å²) in [6.07, 6.45) is 6.12. The predicted molar refractivity (Wildman–Crippen MR) is 165 cm³/mol. The highest BCUT2D eigenvalue weighted by Gasteiger charge is 2.34. The van der Waals surface area contributed by atoms with Crippen LogP contribution in [0.15, 0.2) is 89.8 Å². The molecule has 1 saturated carbocycles. The monoisotopic (exact) mass is 591 g/mol. The summed E-state index contributed by atoms with van der Waals surface area (Å²) in [4.78, 5) is 29.4. The lowest BCUT2D eigenvalue weighted by molar-refractivity contribution is -0.140. The number of methoxy groups -OCH3 is 1. The Hall–Kier alpha value is -3.85. The molecule has 2 amide bonds. The lowest BCUT2D eigenvalue weighted by Gasteiger charge is -2.34. The zero-order valence-electron chi connectivity index (χ0n) is 24.4. The van der Waals surface area contributed by atoms with Gasteiger partial charge in [0, 0.05) is 18.7 Å². The zero-order chi connectivity index (χ0) is 30.0. The fourth-order valence-electron chi connectivity index (χ4n) is 5.45. The molecule has 9 heteroatoms. The van der Waals surface area contributed by atoms with Crippen LogP contribution in [0.1, 0.15) is 51.0 Å². The van der Waals surface area contributed by atoms with Crippen molar-refractivity contribution in [3.05, 3.63) is 90.5 Å². The first-order valence-electron chi connectivity index (χ1n) is 14.7. The van der Waals surface area contributed by atoms with Crippen LogP contribution in [0, 0.1) is 0 Å². The fraction of sp³-hybridized carbons (Fsp3) is 0.394. The number of anilines is 1. The number of nitrogens with zero attached hydrogens (tertiary/aromatic N) is 2. The van der Waals surface area contributed by atoms with Gasteiger partial charge in [-0.1, -0.05) is 80.8 Å². The van der Waals surface area contributed by atoms with Crippen LogP contribution in [0.25, 0.3) is 0 Å². The molecule has 0 aromatic heterocycles. The molecule has 0 unspecified atom stereocenters. The molecule has 1 atom stereocenters. The number of rotatable bonds is 13. The lowest BCUT2D eigenvalue weighted by atomic mass is 9.95. The first-order valence-corrected chi connectivity index (χ1v) is 16.1. The van der Waals surface area contributed by atoms with Gasteiger partial charge in [-0.05, 0) is 55.5 Å². The zero-order valence-corrected chi connectivity index (χ0v) is 25.3. The molecule has 3 aromatic rings. The molecule has 0 saturated heterocycles. The first-order chi connectivity index (χ1) is 20.3. The minimum Gasteiger partial charge on any atom is -0.497 e. The van der Waals surface area contributed by atoms with Crippen molar-refractivity contribution in [1.82, 2.24) is 10.2 Å². The van der Waals surface area contributed by atoms with Crippen LogP contribution < -0.4 is 14.4 Å². The molecule has 1 aliphatic rings. The van der Waals surface area contributed by atoms with Crippen molar-refractivity contribution >= 4 is 27.5 Å². The quantitative estimate of drug-likeness (QED) is 0.295. The van der Waals surface area contributed by atoms with Gasteiger partial charge in [-0.2, -0.15) is 0 Å². The van der Waals surface area contributed by atoms with Gasteiger partial charge in [0.1, 0.15) is 18.3 Å². The number of ether oxygens (including phenoxy) is 1. The normalized spacial score (nSPS) is 14.5. The number of nitrogens with one attached hydrogen (secondary N) is 1. The van der Waals surface area contributed by atoms with Gasteiger partial charge in [-0.3, -0.25) is 13.9 Å². The Morgan fingerprint density at radius 2 is 1.60 bits per heavy atom. The van der Waals surface area contributed by atoms with Crippen molar-refractivity contribution < 1.29 is 22.7 Å². The van der Waals surface area contributed by atoms with Gasteiger partial charge in [-0.25, -0.2) is 8.42 Å². The third kappa shape index (κ3) is 7.91. The molecule has 0 aliphatic heterocycles. The number of benzene rings is 3. The first kappa shape index (κ1) is 31.1. The molecule has 0 radical (unpaired) electrons. The number of sulfonamides is 1. The van der Waals surface area contributed by atoms with Gasteiger partial charge in [0.05, 0.1) is 17.7 Å². The molecule has 0 bridgehead atoms. The summed E-state index contributed by atoms with van der Waals surface area (Å²) >= 11 is 0. The molecule has 1 N–H and O–H groups in total. The van der Waals surface area contributed by atoms with Crippen LogP contribution in [-0.4, -0.2) is 57.4 Å². The molecule has 0 heterocycles. The van der Waals surface area contributed by atoms with E-state index < -0.39 is 28.5 Å². The Kier molecular flexibility index (Phi) is 11.0. The van der Waals surface area contributed by atoms with Crippen LogP contribution in [-0.2, 0) is 26.0 Å². The Morgan fingerprint density at radius 1 is 0.929 bits per heavy atom. The number of hydrogen-bond acceptors (Lipinski definition) is 5. The van der Waals surface area contributed by atoms with Gasteiger partial charge >= 0.3 is 0 Å². The van der Waals surface area contributed by atoms with E-state index in [4.69, 9.17) is 4.74 Å². The highest BCUT2D eigenvalue weighted by atomic mass is 32.2. The van der Waals surface area contributed by atoms with E-state index in [0.29, 0.717) is 24.3 Å². The minimum absolute atomic E-state index is 0.0681. The van der Waals surface area contributed by atoms with Crippen LogP contribution in [0.3, 0.4) is 0 Å². The molecule has 1 aliphatic carbocycles. The van der Waals surface area contributed by atoms with Crippen molar-refractivity contribution in [2.45, 2.75) is 68.8 Å². The summed E-state index contributed by atoms with van der Waals surface area (Å²) < 4.78 is 34.3. The van der Waals surface area contributed by atoms with Crippen molar-refractivity contribution in [3.63, 3.8) is 0 Å². The smallest absolute Gasteiger partial charge is 0.264 e. The van der Waals surface area contributed by atoms with E-state index in [0.717, 1.165) is 35.6 Å². The summed E-state index contributed by atoms with van der Waals surface area (Å²) in [7, 11) is -2.62. The summed E-state index contributed by atoms with van der Waals surface area (Å²) in [6.45, 7) is 1.69. The Balaban J connectivity index is 1.67. The Bertz CT molecular complexity index is 1410. The van der Waals surface area contributed by atoms with E-state index in [2.05, 4.69) is 5.32 Å². The number of hydrogen-bond donors (Lipinski definition) is 1. The Labute approximate surface area is 249 Å². The molecule has 3 aromatic carbocycles. The highest BCUT2D eigenvalue weighted by Crippen LogP contribution is 2.27. The largest absolute Gasteiger partial charge is 0.497 e. The molecule has 42 heavy (non-hydrogen) atoms. The second-order valence-electron chi connectivity index (χ2n) is 10.6. The summed E-state index contributed by atoms with van der Waals surface area (Å²) in [5, 5.41) is 3.18. The van der Waals surface area contributed by atoms with Crippen molar-refractivity contribution in [2.75, 3.05) is 24.5 Å². The topological polar surface area (TPSA) is 96.0 Å². The maximum absolute atomic E-state index is 14.2. The van der Waals surface area contributed by atoms with E-state index >= 15 is 0 Å². The lowest BCUT2D eigenvalue weighted by Crippen LogP contribution is -2.54. The van der Waals surface area contributed by atoms with E-state index in [1.54, 1.807) is 47.4 Å². The van der Waals surface area contributed by atoms with Crippen LogP contribution >= 0.6 is 0 Å². The molecule has 1 fully saturated rings. The predicted octanol–water partition coefficient (Wildman–Crippen LogP) is 5.19. The molecule has 224 valence electrons. The van der Waals surface area contributed by atoms with E-state index in [1.807, 2.05) is 37.3 Å². The van der Waals surface area contributed by atoms with Crippen molar-refractivity contribution in [1.29, 1.82) is 0 Å². The SMILES string of the molecule is CC[C@H](C(=O)NC1CCCCC1)N(CCc1ccccc1)C(=O)CN(c1cccc(OC)c1)S(=O)(=O)c1ccccc1. The number of carbonyl (C=O) groups excluding carboxylic acids is 2. The summed E-state index contributed by atoms with van der Waals surface area (Å²) in [5.41, 5.74) is 1.33. The molecular weight excluding hydrogens is 550 g/mol. The minimum atomic E-state index is -4.12. The van der Waals surface area contributed by atoms with Crippen molar-refractivity contribution in [2.24, 2.45) is 0 Å². The number of amides is 2. The standard InChI is InChI=1S/C33H41N3O5S/c1-3-31(33(38)34-27-16-9-5-10-17-27)35(23-22-26-14-7-4-8-15-26)32(37)25-36(28-18-13-19-29(24-28)41-2)42(39,40)30-20-11-6-12-21-30/h4,6-8,11-15,18-21,24,27,31H,3,5,9-10,16-17,22-23,25H2,1-2H3,(H,34,38)/t31-/m1/s1. The van der Waals surface area contributed by atoms with Gasteiger partial charge in [0.25, 0.3) is 10.0 Å². The van der Waals surface area contributed by atoms with Crippen molar-refractivity contribution in [3.8, 4) is 5.75 Å². The maximum Gasteiger partial charge on any atom is 0.264 e. The second-order valence-corrected chi connectivity index (χ2v) is 12.5. The second kappa shape index (κ2) is 14.9. The van der Waals surface area contributed by atoms with E-state index in [9.17, 15) is 18.0 Å². The maximum atomic E-state index is 14.2. The fourth-order valence-corrected chi connectivity index (χ4v) is 6.88. The third-order valence-electron chi connectivity index (χ3n) is 7.77. The third-order valence-corrected chi connectivity index (χ3v) is 9.56. The van der Waals surface area contributed by atoms with Gasteiger partial charge in [-0.15, -0.1) is 0 Å². The summed E-state index contributed by atoms with van der Waals surface area (Å²) in [5.74, 6) is -0.170. The highest BCUT2D eigenvalue weighted by molar-refractivity contribution is 7.92. The molecule has 4 rings (SSSR count).